The predicted octanol–water partition coefficient (Wildman–Crippen LogP) is 4.28. The van der Waals surface area contributed by atoms with E-state index in [0.29, 0.717) is 31.7 Å². The lowest BCUT2D eigenvalue weighted by Gasteiger charge is -2.33. The number of piperidine rings is 1. The van der Waals surface area contributed by atoms with E-state index in [1.54, 1.807) is 34.9 Å². The van der Waals surface area contributed by atoms with Crippen molar-refractivity contribution in [3.05, 3.63) is 23.8 Å². The maximum absolute atomic E-state index is 12.1. The molecule has 1 aliphatic heterocycles. The average molecular weight is 381 g/mol. The largest absolute Gasteiger partial charge is 0.489 e. The number of ether oxygens (including phenoxy) is 2. The van der Waals surface area contributed by atoms with Gasteiger partial charge in [0, 0.05) is 30.8 Å². The number of rotatable bonds is 5. The van der Waals surface area contributed by atoms with E-state index >= 15 is 0 Å². The van der Waals surface area contributed by atoms with Crippen LogP contribution in [0.1, 0.15) is 50.9 Å². The van der Waals surface area contributed by atoms with Crippen molar-refractivity contribution in [2.75, 3.05) is 18.8 Å². The zero-order chi connectivity index (χ0) is 19.3. The topological polar surface area (TPSA) is 76.1 Å². The lowest BCUT2D eigenvalue weighted by atomic mass is 10.1. The third-order valence-corrected chi connectivity index (χ3v) is 4.76. The van der Waals surface area contributed by atoms with Crippen molar-refractivity contribution in [1.29, 1.82) is 0 Å². The Morgan fingerprint density at radius 2 is 1.92 bits per heavy atom. The summed E-state index contributed by atoms with van der Waals surface area (Å²) in [6.07, 6.45) is 0.851. The molecule has 1 fully saturated rings. The van der Waals surface area contributed by atoms with E-state index in [0.717, 1.165) is 10.6 Å². The Balaban J connectivity index is 1.99. The number of carbonyl (C=O) groups is 2. The maximum atomic E-state index is 12.1. The molecule has 6 nitrogen and oxygen atoms in total. The monoisotopic (exact) mass is 381 g/mol. The molecule has 1 aliphatic rings. The van der Waals surface area contributed by atoms with Crippen molar-refractivity contribution >= 4 is 23.8 Å². The summed E-state index contributed by atoms with van der Waals surface area (Å²) in [6, 6.07) is 5.18. The van der Waals surface area contributed by atoms with Gasteiger partial charge in [0.2, 0.25) is 0 Å². The first-order chi connectivity index (χ1) is 12.2. The molecule has 1 aromatic rings. The number of carboxylic acid groups (broad SMARTS) is 1. The van der Waals surface area contributed by atoms with Crippen LogP contribution < -0.4 is 4.74 Å². The highest BCUT2D eigenvalue weighted by molar-refractivity contribution is 7.99. The molecule has 0 atom stereocenters. The van der Waals surface area contributed by atoms with Crippen molar-refractivity contribution in [1.82, 2.24) is 4.90 Å². The van der Waals surface area contributed by atoms with E-state index < -0.39 is 11.6 Å². The Kier molecular flexibility index (Phi) is 6.81. The molecular weight excluding hydrogens is 354 g/mol. The fourth-order valence-corrected chi connectivity index (χ4v) is 3.38. The van der Waals surface area contributed by atoms with Gasteiger partial charge in [-0.25, -0.2) is 9.59 Å². The molecule has 1 saturated heterocycles. The number of hydrogen-bond acceptors (Lipinski definition) is 5. The summed E-state index contributed by atoms with van der Waals surface area (Å²) in [6.45, 7) is 8.64. The van der Waals surface area contributed by atoms with Crippen LogP contribution >= 0.6 is 11.8 Å². The molecule has 7 heteroatoms. The minimum absolute atomic E-state index is 0.117. The fraction of sp³-hybridized carbons (Fsp3) is 0.579. The zero-order valence-corrected chi connectivity index (χ0v) is 16.6. The number of likely N-dealkylation sites (tertiary alicyclic amines) is 1. The number of nitrogens with zero attached hydrogens (tertiary/aromatic N) is 1. The second kappa shape index (κ2) is 8.66. The molecule has 0 spiro atoms. The summed E-state index contributed by atoms with van der Waals surface area (Å²) >= 11 is 1.64. The molecule has 0 aromatic heterocycles. The smallest absolute Gasteiger partial charge is 0.410 e. The second-order valence-corrected chi connectivity index (χ2v) is 8.52. The third-order valence-electron chi connectivity index (χ3n) is 3.88. The standard InChI is InChI=1S/C19H27NO5S/c1-5-26-14-6-7-15(17(21)22)16(12-14)24-13-8-10-20(11-9-13)18(23)25-19(2,3)4/h6-7,12-13H,5,8-11H2,1-4H3,(H,21,22). The van der Waals surface area contributed by atoms with Gasteiger partial charge in [-0.2, -0.15) is 0 Å². The molecule has 0 aliphatic carbocycles. The number of aromatic carboxylic acids is 1. The Morgan fingerprint density at radius 1 is 1.27 bits per heavy atom. The van der Waals surface area contributed by atoms with Gasteiger partial charge in [0.25, 0.3) is 0 Å². The highest BCUT2D eigenvalue weighted by Crippen LogP contribution is 2.29. The van der Waals surface area contributed by atoms with Crippen LogP contribution in [0, 0.1) is 0 Å². The molecule has 144 valence electrons. The predicted molar refractivity (Wildman–Crippen MR) is 101 cm³/mol. The number of thioether (sulfide) groups is 1. The molecule has 2 rings (SSSR count). The summed E-state index contributed by atoms with van der Waals surface area (Å²) < 4.78 is 11.4. The highest BCUT2D eigenvalue weighted by Gasteiger charge is 2.28. The Labute approximate surface area is 158 Å². The third kappa shape index (κ3) is 5.83. The lowest BCUT2D eigenvalue weighted by Crippen LogP contribution is -2.44. The molecule has 0 radical (unpaired) electrons. The van der Waals surface area contributed by atoms with Crippen molar-refractivity contribution < 1.29 is 24.2 Å². The van der Waals surface area contributed by atoms with E-state index in [1.807, 2.05) is 27.7 Å². The first-order valence-electron chi connectivity index (χ1n) is 8.84. The number of carboxylic acids is 1. The Bertz CT molecular complexity index is 648. The van der Waals surface area contributed by atoms with Crippen LogP contribution in [0.25, 0.3) is 0 Å². The fourth-order valence-electron chi connectivity index (χ4n) is 2.70. The first-order valence-corrected chi connectivity index (χ1v) is 9.83. The lowest BCUT2D eigenvalue weighted by molar-refractivity contribution is 0.0126. The first kappa shape index (κ1) is 20.4. The van der Waals surface area contributed by atoms with Gasteiger partial charge in [0.1, 0.15) is 23.0 Å². The van der Waals surface area contributed by atoms with Crippen LogP contribution in [0.5, 0.6) is 5.75 Å². The number of hydrogen-bond donors (Lipinski definition) is 1. The molecule has 0 unspecified atom stereocenters. The molecule has 26 heavy (non-hydrogen) atoms. The minimum atomic E-state index is -1.00. The summed E-state index contributed by atoms with van der Waals surface area (Å²) in [7, 11) is 0. The van der Waals surface area contributed by atoms with Crippen LogP contribution in [0.15, 0.2) is 23.1 Å². The van der Waals surface area contributed by atoms with E-state index in [1.165, 1.54) is 0 Å². The summed E-state index contributed by atoms with van der Waals surface area (Å²) in [5.41, 5.74) is -0.349. The van der Waals surface area contributed by atoms with Crippen molar-refractivity contribution in [3.63, 3.8) is 0 Å². The van der Waals surface area contributed by atoms with Crippen LogP contribution in [0.4, 0.5) is 4.79 Å². The van der Waals surface area contributed by atoms with Gasteiger partial charge in [0.05, 0.1) is 0 Å². The maximum Gasteiger partial charge on any atom is 0.410 e. The molecular formula is C19H27NO5S. The number of carbonyl (C=O) groups excluding carboxylic acids is 1. The summed E-state index contributed by atoms with van der Waals surface area (Å²) in [5, 5.41) is 9.38. The summed E-state index contributed by atoms with van der Waals surface area (Å²) in [5.74, 6) is 0.297. The number of amides is 1. The van der Waals surface area contributed by atoms with Crippen molar-refractivity contribution in [2.45, 2.75) is 57.1 Å². The molecule has 1 heterocycles. The quantitative estimate of drug-likeness (QED) is 0.768. The normalized spacial score (nSPS) is 15.6. The van der Waals surface area contributed by atoms with Gasteiger partial charge in [0.15, 0.2) is 0 Å². The van der Waals surface area contributed by atoms with Gasteiger partial charge < -0.3 is 19.5 Å². The van der Waals surface area contributed by atoms with Gasteiger partial charge >= 0.3 is 12.1 Å². The van der Waals surface area contributed by atoms with Crippen LogP contribution in [-0.4, -0.2) is 52.6 Å². The zero-order valence-electron chi connectivity index (χ0n) is 15.8. The molecule has 1 aromatic carbocycles. The second-order valence-electron chi connectivity index (χ2n) is 7.18. The van der Waals surface area contributed by atoms with Gasteiger partial charge in [-0.1, -0.05) is 6.92 Å². The molecule has 0 saturated carbocycles. The minimum Gasteiger partial charge on any atom is -0.489 e. The van der Waals surface area contributed by atoms with Crippen LogP contribution in [0.2, 0.25) is 0 Å². The Morgan fingerprint density at radius 3 is 2.46 bits per heavy atom. The van der Waals surface area contributed by atoms with Crippen molar-refractivity contribution in [3.8, 4) is 5.75 Å². The molecule has 1 N–H and O–H groups in total. The highest BCUT2D eigenvalue weighted by atomic mass is 32.2. The van der Waals surface area contributed by atoms with Crippen LogP contribution in [0.3, 0.4) is 0 Å². The number of benzene rings is 1. The van der Waals surface area contributed by atoms with Gasteiger partial charge in [-0.05, 0) is 44.7 Å². The molecule has 1 amide bonds. The average Bonchev–Trinajstić information content (AvgIpc) is 2.54. The van der Waals surface area contributed by atoms with Crippen molar-refractivity contribution in [2.24, 2.45) is 0 Å². The van der Waals surface area contributed by atoms with Gasteiger partial charge in [-0.3, -0.25) is 0 Å². The summed E-state index contributed by atoms with van der Waals surface area (Å²) in [4.78, 5) is 26.2. The molecule has 0 bridgehead atoms. The SMILES string of the molecule is CCSc1ccc(C(=O)O)c(OC2CCN(C(=O)OC(C)(C)C)CC2)c1. The van der Waals surface area contributed by atoms with E-state index in [2.05, 4.69) is 0 Å². The van der Waals surface area contributed by atoms with E-state index in [-0.39, 0.29) is 17.8 Å². The Hall–Kier alpha value is -1.89. The van der Waals surface area contributed by atoms with E-state index in [9.17, 15) is 14.7 Å². The van der Waals surface area contributed by atoms with Crippen LogP contribution in [-0.2, 0) is 4.74 Å². The van der Waals surface area contributed by atoms with E-state index in [4.69, 9.17) is 9.47 Å². The van der Waals surface area contributed by atoms with Gasteiger partial charge in [-0.15, -0.1) is 11.8 Å².